The molecule has 0 aromatic carbocycles. The molecule has 1 saturated heterocycles. The topological polar surface area (TPSA) is 101 Å². The third-order valence-corrected chi connectivity index (χ3v) is 6.52. The largest absolute Gasteiger partial charge is 0.341 e. The van der Waals surface area contributed by atoms with Crippen LogP contribution in [0.5, 0.6) is 0 Å². The lowest BCUT2D eigenvalue weighted by Crippen LogP contribution is -2.44. The van der Waals surface area contributed by atoms with Gasteiger partial charge < -0.3 is 4.90 Å². The van der Waals surface area contributed by atoms with Crippen molar-refractivity contribution in [3.8, 4) is 0 Å². The number of hydrogen-bond acceptors (Lipinski definition) is 5. The van der Waals surface area contributed by atoms with Crippen molar-refractivity contribution in [1.29, 1.82) is 0 Å². The van der Waals surface area contributed by atoms with Gasteiger partial charge in [0.1, 0.15) is 0 Å². The summed E-state index contributed by atoms with van der Waals surface area (Å²) in [5, 5.41) is 0. The summed E-state index contributed by atoms with van der Waals surface area (Å²) in [7, 11) is -4.99. The average molecular weight is 326 g/mol. The van der Waals surface area contributed by atoms with Gasteiger partial charge >= 0.3 is 0 Å². The van der Waals surface area contributed by atoms with E-state index in [1.165, 1.54) is 11.9 Å². The third-order valence-electron chi connectivity index (χ3n) is 3.36. The molecule has 1 heterocycles. The highest BCUT2D eigenvalue weighted by molar-refractivity contribution is 7.91. The number of nitrogens with zero attached hydrogens (tertiary/aromatic N) is 1. The van der Waals surface area contributed by atoms with Gasteiger partial charge in [0.15, 0.2) is 9.84 Å². The number of sulfonamides is 1. The van der Waals surface area contributed by atoms with E-state index in [9.17, 15) is 21.6 Å². The van der Waals surface area contributed by atoms with Crippen LogP contribution in [0.15, 0.2) is 0 Å². The molecule has 0 aromatic rings. The van der Waals surface area contributed by atoms with E-state index in [0.717, 1.165) is 6.42 Å². The summed E-state index contributed by atoms with van der Waals surface area (Å²) in [6, 6.07) is -0.354. The molecule has 0 aromatic heterocycles. The molecule has 9 heteroatoms. The van der Waals surface area contributed by atoms with Gasteiger partial charge in [-0.1, -0.05) is 13.3 Å². The van der Waals surface area contributed by atoms with Crippen LogP contribution in [0.1, 0.15) is 26.2 Å². The second kappa shape index (κ2) is 6.86. The molecule has 0 bridgehead atoms. The number of rotatable bonds is 7. The summed E-state index contributed by atoms with van der Waals surface area (Å²) in [5.41, 5.74) is 0. The summed E-state index contributed by atoms with van der Waals surface area (Å²) < 4.78 is 48.1. The zero-order valence-electron chi connectivity index (χ0n) is 11.8. The van der Waals surface area contributed by atoms with Crippen LogP contribution in [0.4, 0.5) is 0 Å². The molecule has 1 fully saturated rings. The molecule has 1 aliphatic heterocycles. The van der Waals surface area contributed by atoms with Gasteiger partial charge in [-0.2, -0.15) is 0 Å². The average Bonchev–Trinajstić information content (AvgIpc) is 2.73. The van der Waals surface area contributed by atoms with E-state index in [2.05, 4.69) is 4.72 Å². The van der Waals surface area contributed by atoms with E-state index < -0.39 is 25.8 Å². The van der Waals surface area contributed by atoms with Crippen molar-refractivity contribution in [1.82, 2.24) is 9.62 Å². The first-order chi connectivity index (χ1) is 9.17. The van der Waals surface area contributed by atoms with Crippen LogP contribution in [0.25, 0.3) is 0 Å². The zero-order valence-corrected chi connectivity index (χ0v) is 13.5. The van der Waals surface area contributed by atoms with Gasteiger partial charge in [0.05, 0.1) is 23.8 Å². The minimum absolute atomic E-state index is 0.00168. The Morgan fingerprint density at radius 2 is 2.05 bits per heavy atom. The molecular weight excluding hydrogens is 304 g/mol. The van der Waals surface area contributed by atoms with E-state index in [1.54, 1.807) is 0 Å². The van der Waals surface area contributed by atoms with Crippen molar-refractivity contribution in [2.75, 3.05) is 30.9 Å². The maximum atomic E-state index is 11.9. The van der Waals surface area contributed by atoms with Gasteiger partial charge in [0.25, 0.3) is 0 Å². The fourth-order valence-electron chi connectivity index (χ4n) is 1.99. The maximum Gasteiger partial charge on any atom is 0.237 e. The fraction of sp³-hybridized carbons (Fsp3) is 0.909. The fourth-order valence-corrected chi connectivity index (χ4v) is 4.92. The standard InChI is InChI=1S/C11H22N2O5S2/c1-3-4-6-20(17,18)12-8-11(14)13(2)10-5-7-19(15,16)9-10/h10,12H,3-9H2,1-2H3. The predicted octanol–water partition coefficient (Wildman–Crippen LogP) is -0.649. The summed E-state index contributed by atoms with van der Waals surface area (Å²) in [4.78, 5) is 13.2. The van der Waals surface area contributed by atoms with E-state index in [1.807, 2.05) is 6.92 Å². The van der Waals surface area contributed by atoms with Crippen molar-refractivity contribution < 1.29 is 21.6 Å². The normalized spacial score (nSPS) is 21.8. The van der Waals surface area contributed by atoms with Gasteiger partial charge in [0, 0.05) is 13.1 Å². The zero-order chi connectivity index (χ0) is 15.4. The smallest absolute Gasteiger partial charge is 0.237 e. The van der Waals surface area contributed by atoms with Gasteiger partial charge in [0.2, 0.25) is 15.9 Å². The number of sulfone groups is 1. The van der Waals surface area contributed by atoms with Crippen LogP contribution in [0, 0.1) is 0 Å². The van der Waals surface area contributed by atoms with Gasteiger partial charge in [-0.3, -0.25) is 4.79 Å². The molecule has 0 radical (unpaired) electrons. The molecule has 1 rings (SSSR count). The second-order valence-corrected chi connectivity index (χ2v) is 9.21. The molecule has 0 aliphatic carbocycles. The minimum Gasteiger partial charge on any atom is -0.341 e. The Morgan fingerprint density at radius 3 is 2.55 bits per heavy atom. The summed E-state index contributed by atoms with van der Waals surface area (Å²) in [5.74, 6) is -0.375. The highest BCUT2D eigenvalue weighted by Gasteiger charge is 2.32. The molecule has 7 nitrogen and oxygen atoms in total. The first kappa shape index (κ1) is 17.4. The molecule has 0 spiro atoms. The SMILES string of the molecule is CCCCS(=O)(=O)NCC(=O)N(C)C1CCS(=O)(=O)C1. The first-order valence-electron chi connectivity index (χ1n) is 6.60. The van der Waals surface area contributed by atoms with Crippen molar-refractivity contribution in [2.24, 2.45) is 0 Å². The molecule has 1 unspecified atom stereocenters. The highest BCUT2D eigenvalue weighted by Crippen LogP contribution is 2.16. The summed E-state index contributed by atoms with van der Waals surface area (Å²) in [6.07, 6.45) is 1.71. The number of hydrogen-bond donors (Lipinski definition) is 1. The molecule has 0 saturated carbocycles. The van der Waals surface area contributed by atoms with Crippen LogP contribution in [-0.2, 0) is 24.7 Å². The Kier molecular flexibility index (Phi) is 5.96. The van der Waals surface area contributed by atoms with Crippen molar-refractivity contribution >= 4 is 25.8 Å². The van der Waals surface area contributed by atoms with Gasteiger partial charge in [-0.05, 0) is 12.8 Å². The Bertz CT molecular complexity index is 541. The van der Waals surface area contributed by atoms with Crippen LogP contribution in [-0.4, -0.2) is 64.5 Å². The van der Waals surface area contributed by atoms with Crippen molar-refractivity contribution in [3.05, 3.63) is 0 Å². The van der Waals surface area contributed by atoms with E-state index in [0.29, 0.717) is 12.8 Å². The first-order valence-corrected chi connectivity index (χ1v) is 10.1. The number of amides is 1. The quantitative estimate of drug-likeness (QED) is 0.670. The number of unbranched alkanes of at least 4 members (excludes halogenated alkanes) is 1. The van der Waals surface area contributed by atoms with E-state index in [4.69, 9.17) is 0 Å². The lowest BCUT2D eigenvalue weighted by molar-refractivity contribution is -0.130. The number of carbonyl (C=O) groups is 1. The molecule has 1 atom stereocenters. The number of nitrogens with one attached hydrogen (secondary N) is 1. The van der Waals surface area contributed by atoms with Gasteiger partial charge in [-0.15, -0.1) is 0 Å². The maximum absolute atomic E-state index is 11.9. The predicted molar refractivity (Wildman–Crippen MR) is 76.5 cm³/mol. The Hall–Kier alpha value is -0.670. The lowest BCUT2D eigenvalue weighted by Gasteiger charge is -2.23. The molecule has 1 aliphatic rings. The van der Waals surface area contributed by atoms with Crippen LogP contribution < -0.4 is 4.72 Å². The number of likely N-dealkylation sites (N-methyl/N-ethyl adjacent to an activating group) is 1. The van der Waals surface area contributed by atoms with Crippen molar-refractivity contribution in [3.63, 3.8) is 0 Å². The van der Waals surface area contributed by atoms with E-state index in [-0.39, 0.29) is 29.8 Å². The number of carbonyl (C=O) groups excluding carboxylic acids is 1. The molecule has 1 amide bonds. The minimum atomic E-state index is -3.43. The molecule has 118 valence electrons. The van der Waals surface area contributed by atoms with E-state index >= 15 is 0 Å². The molecular formula is C11H22N2O5S2. The summed E-state index contributed by atoms with van der Waals surface area (Å²) in [6.45, 7) is 1.56. The Labute approximate surface area is 120 Å². The van der Waals surface area contributed by atoms with Crippen molar-refractivity contribution in [2.45, 2.75) is 32.2 Å². The van der Waals surface area contributed by atoms with Crippen LogP contribution in [0.3, 0.4) is 0 Å². The summed E-state index contributed by atoms with van der Waals surface area (Å²) >= 11 is 0. The van der Waals surface area contributed by atoms with Crippen LogP contribution in [0.2, 0.25) is 0 Å². The lowest BCUT2D eigenvalue weighted by atomic mass is 10.2. The molecule has 20 heavy (non-hydrogen) atoms. The molecule has 1 N–H and O–H groups in total. The Morgan fingerprint density at radius 1 is 1.40 bits per heavy atom. The highest BCUT2D eigenvalue weighted by atomic mass is 32.2. The second-order valence-electron chi connectivity index (χ2n) is 5.06. The Balaban J connectivity index is 2.47. The van der Waals surface area contributed by atoms with Crippen LogP contribution >= 0.6 is 0 Å². The van der Waals surface area contributed by atoms with Gasteiger partial charge in [-0.25, -0.2) is 21.6 Å². The monoisotopic (exact) mass is 326 g/mol. The third kappa shape index (κ3) is 5.37.